The van der Waals surface area contributed by atoms with Crippen molar-refractivity contribution in [2.75, 3.05) is 48.5 Å². The van der Waals surface area contributed by atoms with Gasteiger partial charge in [-0.3, -0.25) is 29.4 Å². The zero-order valence-electron chi connectivity index (χ0n) is 41.0. The van der Waals surface area contributed by atoms with Crippen LogP contribution in [0, 0.1) is 27.9 Å². The molecule has 76 heavy (non-hydrogen) atoms. The quantitative estimate of drug-likeness (QED) is 0.0571. The zero-order valence-corrected chi connectivity index (χ0v) is 41.0. The lowest BCUT2D eigenvalue weighted by Gasteiger charge is -2.46. The first-order valence-electron chi connectivity index (χ1n) is 24.7. The van der Waals surface area contributed by atoms with Crippen molar-refractivity contribution in [3.05, 3.63) is 225 Å². The van der Waals surface area contributed by atoms with Crippen molar-refractivity contribution in [3.63, 3.8) is 0 Å². The molecule has 3 fully saturated rings. The number of aromatic hydroxyl groups is 1. The van der Waals surface area contributed by atoms with Crippen LogP contribution in [0.1, 0.15) is 57.1 Å². The van der Waals surface area contributed by atoms with Gasteiger partial charge < -0.3 is 34.3 Å². The van der Waals surface area contributed by atoms with E-state index in [9.17, 15) is 20.0 Å². The number of esters is 1. The van der Waals surface area contributed by atoms with Crippen molar-refractivity contribution in [1.29, 1.82) is 0 Å². The number of hydrogen-bond acceptors (Lipinski definition) is 13. The normalized spacial score (nSPS) is 21.7. The number of rotatable bonds is 10. The molecule has 0 bridgehead atoms. The summed E-state index contributed by atoms with van der Waals surface area (Å²) in [4.78, 5) is 79.1. The zero-order chi connectivity index (χ0) is 52.5. The topological polar surface area (TPSA) is 190 Å². The van der Waals surface area contributed by atoms with E-state index in [1.54, 1.807) is 73.8 Å². The highest BCUT2D eigenvalue weighted by Crippen LogP contribution is 2.66. The number of imide groups is 1. The molecule has 11 rings (SSSR count). The fourth-order valence-electron chi connectivity index (χ4n) is 11.2. The number of benzene rings is 7. The molecule has 4 heterocycles. The number of morpholine rings is 2. The van der Waals surface area contributed by atoms with Crippen molar-refractivity contribution in [1.82, 2.24) is 4.90 Å². The highest BCUT2D eigenvalue weighted by Gasteiger charge is 2.76. The second-order valence-corrected chi connectivity index (χ2v) is 18.8. The van der Waals surface area contributed by atoms with Gasteiger partial charge in [-0.25, -0.2) is 9.69 Å². The lowest BCUT2D eigenvalue weighted by molar-refractivity contribution is -0.384. The number of methoxy groups -OCH3 is 1. The molecule has 1 spiro atoms. The maximum Gasteiger partial charge on any atom is 0.421 e. The van der Waals surface area contributed by atoms with Gasteiger partial charge in [0.2, 0.25) is 11.8 Å². The first-order valence-corrected chi connectivity index (χ1v) is 24.7. The fraction of sp³-hybridized carbons (Fsp3) is 0.200. The maximum atomic E-state index is 16.7. The Balaban J connectivity index is 1.13. The minimum atomic E-state index is -2.16. The average Bonchev–Trinajstić information content (AvgIpc) is 3.79. The Morgan fingerprint density at radius 3 is 2.07 bits per heavy atom. The van der Waals surface area contributed by atoms with Gasteiger partial charge in [0.1, 0.15) is 35.7 Å². The van der Waals surface area contributed by atoms with Crippen LogP contribution in [-0.4, -0.2) is 78.3 Å². The van der Waals surface area contributed by atoms with E-state index in [-0.39, 0.29) is 29.3 Å². The number of anilines is 3. The Hall–Kier alpha value is -9.30. The number of nitrogens with one attached hydrogen (secondary N) is 1. The summed E-state index contributed by atoms with van der Waals surface area (Å²) in [6, 6.07) is 46.1. The number of nitrogens with zero attached hydrogens (tertiary/aromatic N) is 4. The van der Waals surface area contributed by atoms with Gasteiger partial charge in [0.05, 0.1) is 48.9 Å². The van der Waals surface area contributed by atoms with Gasteiger partial charge >= 0.3 is 12.1 Å². The molecule has 3 amide bonds. The van der Waals surface area contributed by atoms with E-state index in [1.165, 1.54) is 36.4 Å². The smallest absolute Gasteiger partial charge is 0.421 e. The molecule has 0 saturated carbocycles. The number of non-ortho nitro benzene ring substituents is 1. The van der Waals surface area contributed by atoms with Crippen LogP contribution >= 0.6 is 0 Å². The summed E-state index contributed by atoms with van der Waals surface area (Å²) in [5.41, 5.74) is 2.53. The fourth-order valence-corrected chi connectivity index (χ4v) is 11.2. The molecule has 16 heteroatoms. The Morgan fingerprint density at radius 1 is 0.763 bits per heavy atom. The van der Waals surface area contributed by atoms with E-state index in [4.69, 9.17) is 18.9 Å². The molecule has 0 aromatic heterocycles. The number of carbonyl (C=O) groups excluding carboxylic acids is 4. The Bertz CT molecular complexity index is 3400. The number of nitro groups is 1. The molecule has 16 nitrogen and oxygen atoms in total. The van der Waals surface area contributed by atoms with Crippen molar-refractivity contribution in [2.45, 2.75) is 36.3 Å². The van der Waals surface area contributed by atoms with Crippen LogP contribution in [0.2, 0.25) is 0 Å². The number of hydrogen-bond donors (Lipinski definition) is 2. The third-order valence-electron chi connectivity index (χ3n) is 14.6. The van der Waals surface area contributed by atoms with E-state index >= 15 is 14.4 Å². The number of cyclic esters (lactones) is 1. The molecular weight excluding hydrogens is 967 g/mol. The summed E-state index contributed by atoms with van der Waals surface area (Å²) in [6.45, 7) is 2.12. The van der Waals surface area contributed by atoms with E-state index in [1.807, 2.05) is 77.7 Å². The Labute approximate surface area is 437 Å². The average molecular weight is 1020 g/mol. The van der Waals surface area contributed by atoms with E-state index < -0.39 is 64.4 Å². The van der Waals surface area contributed by atoms with Crippen LogP contribution in [0.15, 0.2) is 176 Å². The number of phenols is 1. The Kier molecular flexibility index (Phi) is 13.2. The largest absolute Gasteiger partial charge is 0.508 e. The van der Waals surface area contributed by atoms with Crippen LogP contribution in [0.5, 0.6) is 11.5 Å². The second kappa shape index (κ2) is 20.5. The lowest BCUT2D eigenvalue weighted by Crippen LogP contribution is -2.54. The minimum Gasteiger partial charge on any atom is -0.508 e. The van der Waals surface area contributed by atoms with E-state index in [0.717, 1.165) is 10.6 Å². The van der Waals surface area contributed by atoms with Crippen LogP contribution in [-0.2, 0) is 40.6 Å². The molecule has 2 N–H and O–H groups in total. The number of amides is 3. The van der Waals surface area contributed by atoms with Crippen molar-refractivity contribution < 1.29 is 48.2 Å². The number of fused-ring (bicyclic) bond motifs is 3. The van der Waals surface area contributed by atoms with Gasteiger partial charge in [0.25, 0.3) is 5.69 Å². The van der Waals surface area contributed by atoms with Gasteiger partial charge in [0, 0.05) is 47.7 Å². The molecule has 7 aromatic carbocycles. The van der Waals surface area contributed by atoms with Crippen LogP contribution in [0.25, 0.3) is 0 Å². The summed E-state index contributed by atoms with van der Waals surface area (Å²) < 4.78 is 23.5. The van der Waals surface area contributed by atoms with Crippen molar-refractivity contribution in [2.24, 2.45) is 5.92 Å². The molecule has 3 saturated heterocycles. The van der Waals surface area contributed by atoms with Gasteiger partial charge in [0.15, 0.2) is 0 Å². The van der Waals surface area contributed by atoms with Gasteiger partial charge in [-0.05, 0) is 119 Å². The molecule has 4 aliphatic heterocycles. The second-order valence-electron chi connectivity index (χ2n) is 18.8. The van der Waals surface area contributed by atoms with E-state index in [0.29, 0.717) is 71.1 Å². The first-order chi connectivity index (χ1) is 37.0. The van der Waals surface area contributed by atoms with E-state index in [2.05, 4.69) is 22.1 Å². The molecular formula is C60H49N5O11. The molecule has 0 aliphatic carbocycles. The predicted octanol–water partition coefficient (Wildman–Crippen LogP) is 9.19. The predicted molar refractivity (Wildman–Crippen MR) is 280 cm³/mol. The summed E-state index contributed by atoms with van der Waals surface area (Å²) in [6.07, 6.45) is -2.07. The minimum absolute atomic E-state index is 0.0762. The molecule has 0 unspecified atom stereocenters. The Morgan fingerprint density at radius 2 is 1.41 bits per heavy atom. The summed E-state index contributed by atoms with van der Waals surface area (Å²) in [5, 5.41) is 25.4. The van der Waals surface area contributed by atoms with Gasteiger partial charge in [-0.15, -0.1) is 0 Å². The molecule has 7 aromatic rings. The first kappa shape index (κ1) is 48.9. The molecule has 380 valence electrons. The summed E-state index contributed by atoms with van der Waals surface area (Å²) >= 11 is 0. The number of carbonyl (C=O) groups is 4. The third kappa shape index (κ3) is 8.91. The van der Waals surface area contributed by atoms with Crippen LogP contribution < -0.4 is 19.9 Å². The number of phenolic OH excluding ortho intramolecular Hbond substituents is 1. The summed E-state index contributed by atoms with van der Waals surface area (Å²) in [5.74, 6) is 2.98. The molecule has 4 aliphatic rings. The molecule has 6 atom stereocenters. The van der Waals surface area contributed by atoms with Crippen LogP contribution in [0.4, 0.5) is 27.5 Å². The SMILES string of the molecule is COc1ccc(C#Cc2ccc3c(c2)[C@]2(C(=O)N3C(=O)OCc3ccc([N+](=O)[O-])cc3)[C@H](C(=O)Nc3ccc(N4CCOCC4)cc3)[C@H]3C(=O)O[C@H](c4ccccc4)[C@H](c4ccccc4)N3[C@@H]2c2ccc(O)cc2)cc1. The van der Waals surface area contributed by atoms with Crippen molar-refractivity contribution in [3.8, 4) is 23.3 Å². The highest BCUT2D eigenvalue weighted by molar-refractivity contribution is 6.24. The monoisotopic (exact) mass is 1020 g/mol. The number of nitro benzene ring substituents is 1. The highest BCUT2D eigenvalue weighted by atomic mass is 16.6. The van der Waals surface area contributed by atoms with Gasteiger partial charge in [-0.1, -0.05) is 84.6 Å². The van der Waals surface area contributed by atoms with Crippen molar-refractivity contribution >= 4 is 46.6 Å². The standard InChI is InChI=1S/C60H49N5O11/c1-73-48-29-16-38(17-30-48)12-13-39-18-31-50-49(36-39)60(58(69)63(50)59(70)75-37-40-14-23-46(24-15-40)65(71)72)51(56(67)61-44-21-25-45(26-22-44)62-32-34-74-35-33-62)53-57(68)76-54(42-10-6-3-7-11-42)52(41-8-4-2-5-9-41)64(53)55(60)43-19-27-47(66)28-20-43/h2-11,14-31,36,51-55,66H,32-35,37H2,1H3,(H,61,67)/t51-,52-,53-,54+,55+,60-/m0/s1. The third-order valence-corrected chi connectivity index (χ3v) is 14.6. The number of ether oxygens (including phenoxy) is 4. The lowest BCUT2D eigenvalue weighted by atomic mass is 9.65. The maximum absolute atomic E-state index is 16.7. The summed E-state index contributed by atoms with van der Waals surface area (Å²) in [7, 11) is 1.57. The van der Waals surface area contributed by atoms with Crippen LogP contribution in [0.3, 0.4) is 0 Å². The molecule has 0 radical (unpaired) electrons. The van der Waals surface area contributed by atoms with Gasteiger partial charge in [-0.2, -0.15) is 0 Å².